The topological polar surface area (TPSA) is 69.9 Å². The zero-order valence-electron chi connectivity index (χ0n) is 15.0. The Morgan fingerprint density at radius 2 is 1.71 bits per heavy atom. The second kappa shape index (κ2) is 8.82. The monoisotopic (exact) mass is 336 g/mol. The number of nitrogens with zero attached hydrogens (tertiary/aromatic N) is 4. The lowest BCUT2D eigenvalue weighted by atomic mass is 10.2. The average Bonchev–Trinajstić information content (AvgIpc) is 3.00. The van der Waals surface area contributed by atoms with Crippen LogP contribution in [0.5, 0.6) is 0 Å². The zero-order chi connectivity index (χ0) is 17.5. The van der Waals surface area contributed by atoms with E-state index in [1.165, 1.54) is 0 Å². The van der Waals surface area contributed by atoms with Gasteiger partial charge < -0.3 is 19.2 Å². The molecular weight excluding hydrogens is 308 g/mol. The van der Waals surface area contributed by atoms with Crippen LogP contribution in [-0.2, 0) is 16.0 Å². The van der Waals surface area contributed by atoms with E-state index < -0.39 is 0 Å². The van der Waals surface area contributed by atoms with Gasteiger partial charge in [0.05, 0.1) is 12.1 Å². The SMILES string of the molecule is CCN(CC)CCC(=O)N1CCN(C(=O)Cc2cc(C)on2)CC1. The van der Waals surface area contributed by atoms with Crippen LogP contribution in [0, 0.1) is 6.92 Å². The molecule has 2 amide bonds. The molecule has 1 aliphatic heterocycles. The summed E-state index contributed by atoms with van der Waals surface area (Å²) in [7, 11) is 0. The summed E-state index contributed by atoms with van der Waals surface area (Å²) in [6, 6.07) is 1.78. The van der Waals surface area contributed by atoms with Crippen molar-refractivity contribution in [2.24, 2.45) is 0 Å². The molecule has 0 N–H and O–H groups in total. The molecular formula is C17H28N4O3. The summed E-state index contributed by atoms with van der Waals surface area (Å²) in [4.78, 5) is 30.5. The Kier molecular flexibility index (Phi) is 6.78. The van der Waals surface area contributed by atoms with Crippen LogP contribution < -0.4 is 0 Å². The molecule has 0 saturated carbocycles. The van der Waals surface area contributed by atoms with E-state index in [-0.39, 0.29) is 18.2 Å². The van der Waals surface area contributed by atoms with E-state index in [0.29, 0.717) is 44.1 Å². The molecule has 7 heteroatoms. The van der Waals surface area contributed by atoms with Gasteiger partial charge in [0.25, 0.3) is 0 Å². The van der Waals surface area contributed by atoms with Gasteiger partial charge >= 0.3 is 0 Å². The number of hydrogen-bond donors (Lipinski definition) is 0. The first-order valence-corrected chi connectivity index (χ1v) is 8.73. The minimum Gasteiger partial charge on any atom is -0.361 e. The Labute approximate surface area is 143 Å². The fourth-order valence-corrected chi connectivity index (χ4v) is 2.92. The first kappa shape index (κ1) is 18.4. The molecule has 0 aromatic carbocycles. The first-order valence-electron chi connectivity index (χ1n) is 8.73. The quantitative estimate of drug-likeness (QED) is 0.741. The molecule has 1 saturated heterocycles. The standard InChI is InChI=1S/C17H28N4O3/c1-4-19(5-2)7-6-16(22)20-8-10-21(11-9-20)17(23)13-15-12-14(3)24-18-15/h12H,4-11,13H2,1-3H3. The Morgan fingerprint density at radius 3 is 2.21 bits per heavy atom. The molecule has 0 atom stereocenters. The van der Waals surface area contributed by atoms with Crippen LogP contribution in [0.4, 0.5) is 0 Å². The van der Waals surface area contributed by atoms with Gasteiger partial charge in [0, 0.05) is 45.2 Å². The number of aryl methyl sites for hydroxylation is 1. The van der Waals surface area contributed by atoms with E-state index in [9.17, 15) is 9.59 Å². The molecule has 0 radical (unpaired) electrons. The molecule has 0 aliphatic carbocycles. The maximum atomic E-state index is 12.3. The van der Waals surface area contributed by atoms with Crippen molar-refractivity contribution in [2.45, 2.75) is 33.6 Å². The van der Waals surface area contributed by atoms with Crippen LogP contribution in [0.25, 0.3) is 0 Å². The summed E-state index contributed by atoms with van der Waals surface area (Å²) in [5, 5.41) is 3.86. The number of amides is 2. The molecule has 0 bridgehead atoms. The average molecular weight is 336 g/mol. The van der Waals surface area contributed by atoms with Crippen molar-refractivity contribution < 1.29 is 14.1 Å². The second-order valence-electron chi connectivity index (χ2n) is 6.14. The van der Waals surface area contributed by atoms with Crippen molar-refractivity contribution in [3.8, 4) is 0 Å². The Morgan fingerprint density at radius 1 is 1.12 bits per heavy atom. The van der Waals surface area contributed by atoms with Crippen molar-refractivity contribution in [3.63, 3.8) is 0 Å². The van der Waals surface area contributed by atoms with Gasteiger partial charge in [0.15, 0.2) is 0 Å². The van der Waals surface area contributed by atoms with Crippen LogP contribution in [0.15, 0.2) is 10.6 Å². The molecule has 2 rings (SSSR count). The molecule has 1 aromatic heterocycles. The smallest absolute Gasteiger partial charge is 0.228 e. The third kappa shape index (κ3) is 5.06. The summed E-state index contributed by atoms with van der Waals surface area (Å²) >= 11 is 0. The van der Waals surface area contributed by atoms with Gasteiger partial charge in [-0.05, 0) is 20.0 Å². The number of aromatic nitrogens is 1. The first-order chi connectivity index (χ1) is 11.5. The van der Waals surface area contributed by atoms with Gasteiger partial charge in [0.2, 0.25) is 11.8 Å². The van der Waals surface area contributed by atoms with E-state index in [4.69, 9.17) is 4.52 Å². The van der Waals surface area contributed by atoms with E-state index in [1.54, 1.807) is 11.0 Å². The number of hydrogen-bond acceptors (Lipinski definition) is 5. The van der Waals surface area contributed by atoms with E-state index >= 15 is 0 Å². The van der Waals surface area contributed by atoms with Crippen LogP contribution in [-0.4, -0.2) is 77.5 Å². The summed E-state index contributed by atoms with van der Waals surface area (Å²) in [6.45, 7) is 11.2. The molecule has 24 heavy (non-hydrogen) atoms. The van der Waals surface area contributed by atoms with Gasteiger partial charge in [-0.3, -0.25) is 9.59 Å². The highest BCUT2D eigenvalue weighted by Gasteiger charge is 2.24. The van der Waals surface area contributed by atoms with Gasteiger partial charge in [-0.25, -0.2) is 0 Å². The van der Waals surface area contributed by atoms with Crippen molar-refractivity contribution in [1.82, 2.24) is 19.9 Å². The van der Waals surface area contributed by atoms with Gasteiger partial charge in [-0.1, -0.05) is 19.0 Å². The minimum atomic E-state index is 0.0403. The van der Waals surface area contributed by atoms with E-state index in [2.05, 4.69) is 23.9 Å². The predicted octanol–water partition coefficient (Wildman–Crippen LogP) is 0.928. The Balaban J connectivity index is 1.74. The molecule has 7 nitrogen and oxygen atoms in total. The van der Waals surface area contributed by atoms with Crippen molar-refractivity contribution in [2.75, 3.05) is 45.8 Å². The van der Waals surface area contributed by atoms with Crippen LogP contribution in [0.2, 0.25) is 0 Å². The third-order valence-electron chi connectivity index (χ3n) is 4.53. The highest BCUT2D eigenvalue weighted by Crippen LogP contribution is 2.09. The van der Waals surface area contributed by atoms with Crippen molar-refractivity contribution >= 4 is 11.8 Å². The zero-order valence-corrected chi connectivity index (χ0v) is 15.0. The van der Waals surface area contributed by atoms with Crippen LogP contribution >= 0.6 is 0 Å². The summed E-state index contributed by atoms with van der Waals surface area (Å²) in [5.41, 5.74) is 0.662. The number of rotatable bonds is 7. The highest BCUT2D eigenvalue weighted by molar-refractivity contribution is 5.79. The number of piperazine rings is 1. The second-order valence-corrected chi connectivity index (χ2v) is 6.14. The molecule has 2 heterocycles. The summed E-state index contributed by atoms with van der Waals surface area (Å²) in [5.74, 6) is 0.932. The highest BCUT2D eigenvalue weighted by atomic mass is 16.5. The van der Waals surface area contributed by atoms with Gasteiger partial charge in [0.1, 0.15) is 5.76 Å². The normalized spacial score (nSPS) is 15.2. The minimum absolute atomic E-state index is 0.0403. The van der Waals surface area contributed by atoms with Crippen LogP contribution in [0.1, 0.15) is 31.7 Å². The molecule has 1 fully saturated rings. The predicted molar refractivity (Wildman–Crippen MR) is 90.5 cm³/mol. The van der Waals surface area contributed by atoms with E-state index in [1.807, 2.05) is 11.8 Å². The van der Waals surface area contributed by atoms with Gasteiger partial charge in [-0.15, -0.1) is 0 Å². The third-order valence-corrected chi connectivity index (χ3v) is 4.53. The van der Waals surface area contributed by atoms with Crippen LogP contribution in [0.3, 0.4) is 0 Å². The lowest BCUT2D eigenvalue weighted by Crippen LogP contribution is -2.51. The number of carbonyl (C=O) groups is 2. The molecule has 0 spiro atoms. The van der Waals surface area contributed by atoms with Crippen molar-refractivity contribution in [3.05, 3.63) is 17.5 Å². The molecule has 134 valence electrons. The maximum absolute atomic E-state index is 12.3. The fourth-order valence-electron chi connectivity index (χ4n) is 2.92. The maximum Gasteiger partial charge on any atom is 0.228 e. The summed E-state index contributed by atoms with van der Waals surface area (Å²) < 4.78 is 4.99. The van der Waals surface area contributed by atoms with Crippen molar-refractivity contribution in [1.29, 1.82) is 0 Å². The Bertz CT molecular complexity index is 546. The lowest BCUT2D eigenvalue weighted by Gasteiger charge is -2.35. The lowest BCUT2D eigenvalue weighted by molar-refractivity contribution is -0.139. The fraction of sp³-hybridized carbons (Fsp3) is 0.706. The molecule has 1 aliphatic rings. The molecule has 1 aromatic rings. The molecule has 0 unspecified atom stereocenters. The number of carbonyl (C=O) groups excluding carboxylic acids is 2. The summed E-state index contributed by atoms with van der Waals surface area (Å²) in [6.07, 6.45) is 0.807. The van der Waals surface area contributed by atoms with E-state index in [0.717, 1.165) is 19.6 Å². The van der Waals surface area contributed by atoms with Gasteiger partial charge in [-0.2, -0.15) is 0 Å². The largest absolute Gasteiger partial charge is 0.361 e. The Hall–Kier alpha value is -1.89.